The van der Waals surface area contributed by atoms with Crippen molar-refractivity contribution in [3.05, 3.63) is 80.9 Å². The van der Waals surface area contributed by atoms with Gasteiger partial charge in [0.1, 0.15) is 11.8 Å². The number of aromatic amines is 1. The molecule has 0 radical (unpaired) electrons. The van der Waals surface area contributed by atoms with E-state index in [-0.39, 0.29) is 11.6 Å². The first-order valence-corrected chi connectivity index (χ1v) is 12.5. The standard InChI is InChI=1S/C27H33N7O2/c1-5-32-10-12-33(13-11-32)25(23-16-22-19(3)14-18(2)15-24(22)28-27(23)35)26-29-30-31-34(26)17-20-6-8-21(36-4)9-7-20/h6-9,14-16,25H,5,10-13,17H2,1-4H3,(H,28,35)/t25-/m1/s1. The van der Waals surface area contributed by atoms with Gasteiger partial charge in [-0.3, -0.25) is 9.69 Å². The predicted molar refractivity (Wildman–Crippen MR) is 139 cm³/mol. The number of hydrogen-bond donors (Lipinski definition) is 1. The molecule has 0 spiro atoms. The SMILES string of the molecule is CCN1CCN([C@H](c2cc3c(C)cc(C)cc3[nH]c2=O)c2nnnn2Cc2ccc(OC)cc2)CC1. The number of nitrogens with one attached hydrogen (secondary N) is 1. The number of aromatic nitrogens is 5. The van der Waals surface area contributed by atoms with Crippen molar-refractivity contribution in [2.45, 2.75) is 33.4 Å². The van der Waals surface area contributed by atoms with Gasteiger partial charge in [0.05, 0.1) is 13.7 Å². The first kappa shape index (κ1) is 24.1. The third kappa shape index (κ3) is 4.76. The quantitative estimate of drug-likeness (QED) is 0.429. The minimum atomic E-state index is -0.355. The van der Waals surface area contributed by atoms with Crippen LogP contribution in [0.15, 0.2) is 47.3 Å². The van der Waals surface area contributed by atoms with E-state index >= 15 is 0 Å². The maximum absolute atomic E-state index is 13.5. The molecule has 188 valence electrons. The number of piperazine rings is 1. The Morgan fingerprint density at radius 3 is 2.50 bits per heavy atom. The highest BCUT2D eigenvalue weighted by atomic mass is 16.5. The molecule has 5 rings (SSSR count). The van der Waals surface area contributed by atoms with E-state index in [1.54, 1.807) is 7.11 Å². The number of nitrogens with zero attached hydrogens (tertiary/aromatic N) is 6. The van der Waals surface area contributed by atoms with Crippen molar-refractivity contribution in [2.24, 2.45) is 0 Å². The average Bonchev–Trinajstić information content (AvgIpc) is 3.33. The molecule has 36 heavy (non-hydrogen) atoms. The van der Waals surface area contributed by atoms with Gasteiger partial charge in [-0.2, -0.15) is 0 Å². The van der Waals surface area contributed by atoms with Crippen LogP contribution >= 0.6 is 0 Å². The number of ether oxygens (including phenoxy) is 1. The highest BCUT2D eigenvalue weighted by molar-refractivity contribution is 5.83. The number of H-pyrrole nitrogens is 1. The third-order valence-corrected chi connectivity index (χ3v) is 7.15. The Morgan fingerprint density at radius 1 is 1.06 bits per heavy atom. The fraction of sp³-hybridized carbons (Fsp3) is 0.407. The molecule has 0 amide bonds. The molecule has 4 aromatic rings. The van der Waals surface area contributed by atoms with Gasteiger partial charge >= 0.3 is 0 Å². The zero-order chi connectivity index (χ0) is 25.2. The van der Waals surface area contributed by atoms with Gasteiger partial charge in [-0.1, -0.05) is 25.1 Å². The van der Waals surface area contributed by atoms with Crippen molar-refractivity contribution in [1.29, 1.82) is 0 Å². The predicted octanol–water partition coefficient (Wildman–Crippen LogP) is 2.92. The summed E-state index contributed by atoms with van der Waals surface area (Å²) in [4.78, 5) is 21.4. The van der Waals surface area contributed by atoms with E-state index < -0.39 is 0 Å². The van der Waals surface area contributed by atoms with E-state index in [2.05, 4.69) is 50.2 Å². The Balaban J connectivity index is 1.59. The van der Waals surface area contributed by atoms with Gasteiger partial charge in [0.15, 0.2) is 5.82 Å². The van der Waals surface area contributed by atoms with Crippen molar-refractivity contribution in [1.82, 2.24) is 35.0 Å². The smallest absolute Gasteiger partial charge is 0.253 e. The molecule has 2 aromatic heterocycles. The summed E-state index contributed by atoms with van der Waals surface area (Å²) in [6.45, 7) is 11.4. The van der Waals surface area contributed by atoms with Crippen LogP contribution in [-0.2, 0) is 6.54 Å². The van der Waals surface area contributed by atoms with Crippen LogP contribution in [0.3, 0.4) is 0 Å². The van der Waals surface area contributed by atoms with Gasteiger partial charge in [-0.15, -0.1) is 5.10 Å². The number of aryl methyl sites for hydroxylation is 2. The van der Waals surface area contributed by atoms with Crippen LogP contribution in [0.4, 0.5) is 0 Å². The van der Waals surface area contributed by atoms with Crippen molar-refractivity contribution < 1.29 is 4.74 Å². The van der Waals surface area contributed by atoms with Gasteiger partial charge < -0.3 is 14.6 Å². The Labute approximate surface area is 210 Å². The molecule has 3 heterocycles. The molecule has 0 bridgehead atoms. The summed E-state index contributed by atoms with van der Waals surface area (Å²) < 4.78 is 7.10. The van der Waals surface area contributed by atoms with Crippen molar-refractivity contribution in [3.8, 4) is 5.75 Å². The molecule has 1 aliphatic rings. The van der Waals surface area contributed by atoms with E-state index in [4.69, 9.17) is 4.74 Å². The molecule has 1 fully saturated rings. The summed E-state index contributed by atoms with van der Waals surface area (Å²) in [5.41, 5.74) is 4.74. The lowest BCUT2D eigenvalue weighted by atomic mass is 9.99. The highest BCUT2D eigenvalue weighted by Crippen LogP contribution is 2.29. The number of pyridine rings is 1. The molecule has 0 aliphatic carbocycles. The summed E-state index contributed by atoms with van der Waals surface area (Å²) in [7, 11) is 1.65. The second-order valence-corrected chi connectivity index (χ2v) is 9.51. The summed E-state index contributed by atoms with van der Waals surface area (Å²) in [6, 6.07) is 13.7. The maximum atomic E-state index is 13.5. The molecule has 1 aliphatic heterocycles. The van der Waals surface area contributed by atoms with E-state index in [0.717, 1.165) is 66.1 Å². The molecule has 0 unspecified atom stereocenters. The van der Waals surface area contributed by atoms with E-state index in [1.165, 1.54) is 0 Å². The van der Waals surface area contributed by atoms with Crippen LogP contribution in [0.2, 0.25) is 0 Å². The van der Waals surface area contributed by atoms with Crippen LogP contribution < -0.4 is 10.3 Å². The highest BCUT2D eigenvalue weighted by Gasteiger charge is 2.32. The molecule has 2 aromatic carbocycles. The lowest BCUT2D eigenvalue weighted by Crippen LogP contribution is -2.49. The monoisotopic (exact) mass is 487 g/mol. The molecular weight excluding hydrogens is 454 g/mol. The second-order valence-electron chi connectivity index (χ2n) is 9.51. The molecule has 0 saturated carbocycles. The summed E-state index contributed by atoms with van der Waals surface area (Å²) >= 11 is 0. The zero-order valence-corrected chi connectivity index (χ0v) is 21.4. The zero-order valence-electron chi connectivity index (χ0n) is 21.4. The average molecular weight is 488 g/mol. The number of rotatable bonds is 7. The Morgan fingerprint density at radius 2 is 1.81 bits per heavy atom. The first-order valence-electron chi connectivity index (χ1n) is 12.5. The number of fused-ring (bicyclic) bond motifs is 1. The number of likely N-dealkylation sites (N-methyl/N-ethyl adjacent to an activating group) is 1. The summed E-state index contributed by atoms with van der Waals surface area (Å²) in [5.74, 6) is 1.47. The minimum absolute atomic E-state index is 0.102. The molecular formula is C27H33N7O2. The normalized spacial score (nSPS) is 15.9. The van der Waals surface area contributed by atoms with Gasteiger partial charge in [0, 0.05) is 42.6 Å². The number of benzene rings is 2. The first-order chi connectivity index (χ1) is 17.5. The summed E-state index contributed by atoms with van der Waals surface area (Å²) in [6.07, 6.45) is 0. The van der Waals surface area contributed by atoms with Gasteiger partial charge in [0.25, 0.3) is 5.56 Å². The minimum Gasteiger partial charge on any atom is -0.497 e. The molecule has 1 N–H and O–H groups in total. The van der Waals surface area contributed by atoms with Crippen LogP contribution in [0.5, 0.6) is 5.75 Å². The van der Waals surface area contributed by atoms with Gasteiger partial charge in [-0.25, -0.2) is 4.68 Å². The number of hydrogen-bond acceptors (Lipinski definition) is 7. The van der Waals surface area contributed by atoms with Crippen molar-refractivity contribution in [3.63, 3.8) is 0 Å². The van der Waals surface area contributed by atoms with Gasteiger partial charge in [-0.05, 0) is 71.8 Å². The molecule has 1 atom stereocenters. The Kier molecular flexibility index (Phi) is 6.84. The van der Waals surface area contributed by atoms with E-state index in [1.807, 2.05) is 48.0 Å². The van der Waals surface area contributed by atoms with Crippen LogP contribution in [0, 0.1) is 13.8 Å². The fourth-order valence-electron chi connectivity index (χ4n) is 5.15. The molecule has 9 heteroatoms. The van der Waals surface area contributed by atoms with Gasteiger partial charge in [0.2, 0.25) is 0 Å². The largest absolute Gasteiger partial charge is 0.497 e. The maximum Gasteiger partial charge on any atom is 0.253 e. The van der Waals surface area contributed by atoms with Crippen molar-refractivity contribution >= 4 is 10.9 Å². The number of methoxy groups -OCH3 is 1. The van der Waals surface area contributed by atoms with Crippen LogP contribution in [0.25, 0.3) is 10.9 Å². The number of tetrazole rings is 1. The second kappa shape index (κ2) is 10.2. The van der Waals surface area contributed by atoms with Crippen molar-refractivity contribution in [2.75, 3.05) is 39.8 Å². The van der Waals surface area contributed by atoms with Crippen LogP contribution in [0.1, 0.15) is 41.0 Å². The summed E-state index contributed by atoms with van der Waals surface area (Å²) in [5, 5.41) is 13.9. The fourth-order valence-corrected chi connectivity index (χ4v) is 5.15. The molecule has 1 saturated heterocycles. The Hall–Kier alpha value is -3.56. The molecule has 9 nitrogen and oxygen atoms in total. The Bertz CT molecular complexity index is 1400. The lowest BCUT2D eigenvalue weighted by molar-refractivity contribution is 0.108. The van der Waals surface area contributed by atoms with Crippen LogP contribution in [-0.4, -0.2) is 74.8 Å². The van der Waals surface area contributed by atoms with E-state index in [9.17, 15) is 4.79 Å². The van der Waals surface area contributed by atoms with E-state index in [0.29, 0.717) is 17.9 Å². The third-order valence-electron chi connectivity index (χ3n) is 7.15. The topological polar surface area (TPSA) is 92.2 Å². The lowest BCUT2D eigenvalue weighted by Gasteiger charge is -2.38.